The molecule has 3 heterocycles. The number of rotatable bonds is 4. The molecule has 1 aliphatic rings. The van der Waals surface area contributed by atoms with Crippen molar-refractivity contribution in [2.75, 3.05) is 19.5 Å². The van der Waals surface area contributed by atoms with Crippen LogP contribution in [0.3, 0.4) is 0 Å². The van der Waals surface area contributed by atoms with Crippen molar-refractivity contribution < 1.29 is 14.9 Å². The predicted molar refractivity (Wildman–Crippen MR) is 102 cm³/mol. The van der Waals surface area contributed by atoms with Crippen LogP contribution in [0.1, 0.15) is 18.5 Å². The van der Waals surface area contributed by atoms with E-state index in [2.05, 4.69) is 34.6 Å². The maximum atomic E-state index is 12.1. The number of fused-ring (bicyclic) bond motifs is 1. The molecule has 138 valence electrons. The molecule has 3 rings (SSSR count). The van der Waals surface area contributed by atoms with Gasteiger partial charge in [0.2, 0.25) is 0 Å². The highest BCUT2D eigenvalue weighted by molar-refractivity contribution is 7.72. The lowest BCUT2D eigenvalue weighted by atomic mass is 10.1. The molecule has 10 heteroatoms. The highest BCUT2D eigenvalue weighted by Crippen LogP contribution is 2.39. The molecule has 1 fully saturated rings. The largest absolute Gasteiger partial charge is 0.388 e. The van der Waals surface area contributed by atoms with Crippen LogP contribution in [0.5, 0.6) is 0 Å². The normalized spacial score (nSPS) is 27.2. The Kier molecular flexibility index (Phi) is 4.81. The van der Waals surface area contributed by atoms with Gasteiger partial charge in [-0.25, -0.2) is 4.98 Å². The first-order valence-corrected chi connectivity index (χ1v) is 11.4. The maximum absolute atomic E-state index is 12.1. The van der Waals surface area contributed by atoms with Crippen molar-refractivity contribution in [3.05, 3.63) is 20.9 Å². The van der Waals surface area contributed by atoms with Gasteiger partial charge in [-0.05, 0) is 45.1 Å². The molecule has 4 atom stereocenters. The standard InChI is InChI=1S/C15H23N4O4PS/c1-7-16-12-9(13(22)17-7)18-15(25)19(12)14-11(21)10(20)8(23-14)5-6-24(2,3)4/h8,10-11,14,20-21H,2,5-6H2,1,3-4H3,(H,18,25)(H,16,17,22)/t8-,10-,11?,14?/m1/s1. The first-order chi connectivity index (χ1) is 11.6. The zero-order chi connectivity index (χ0) is 18.5. The third kappa shape index (κ3) is 3.52. The number of nitrogens with zero attached hydrogens (tertiary/aromatic N) is 2. The molecule has 8 nitrogen and oxygen atoms in total. The number of nitrogens with one attached hydrogen (secondary N) is 2. The Morgan fingerprint density at radius 2 is 2.04 bits per heavy atom. The van der Waals surface area contributed by atoms with Gasteiger partial charge in [0, 0.05) is 0 Å². The van der Waals surface area contributed by atoms with Crippen molar-refractivity contribution >= 4 is 36.6 Å². The number of aryl methyl sites for hydroxylation is 1. The first kappa shape index (κ1) is 18.5. The van der Waals surface area contributed by atoms with Crippen LogP contribution in [-0.4, -0.2) is 73.8 Å². The molecule has 25 heavy (non-hydrogen) atoms. The molecule has 2 unspecified atom stereocenters. The van der Waals surface area contributed by atoms with E-state index in [4.69, 9.17) is 17.0 Å². The van der Waals surface area contributed by atoms with E-state index in [1.54, 1.807) is 6.92 Å². The van der Waals surface area contributed by atoms with E-state index in [0.717, 1.165) is 6.16 Å². The summed E-state index contributed by atoms with van der Waals surface area (Å²) in [6.07, 6.45) is 1.97. The molecule has 0 aliphatic carbocycles. The SMILES string of the molecule is C=P(C)(C)CC[C@H]1OC(n2c(=S)[nH]c3c(=O)[nH]c(C)nc32)C(O)[C@@H]1O. The molecule has 0 spiro atoms. The molecule has 4 N–H and O–H groups in total. The van der Waals surface area contributed by atoms with Crippen molar-refractivity contribution in [2.45, 2.75) is 37.9 Å². The average Bonchev–Trinajstić information content (AvgIpc) is 2.95. The maximum Gasteiger partial charge on any atom is 0.276 e. The highest BCUT2D eigenvalue weighted by Gasteiger charge is 2.44. The summed E-state index contributed by atoms with van der Waals surface area (Å²) in [6.45, 7) is 4.60. The molecule has 0 bridgehead atoms. The quantitative estimate of drug-likeness (QED) is 0.457. The van der Waals surface area contributed by atoms with Crippen LogP contribution in [0.2, 0.25) is 0 Å². The topological polar surface area (TPSA) is 116 Å². The second-order valence-corrected chi connectivity index (χ2v) is 11.8. The monoisotopic (exact) mass is 386 g/mol. The number of hydrogen-bond donors (Lipinski definition) is 4. The van der Waals surface area contributed by atoms with Gasteiger partial charge in [0.15, 0.2) is 22.2 Å². The van der Waals surface area contributed by atoms with Gasteiger partial charge in [-0.2, -0.15) is 0 Å². The molecule has 1 saturated heterocycles. The predicted octanol–water partition coefficient (Wildman–Crippen LogP) is 0.809. The van der Waals surface area contributed by atoms with Gasteiger partial charge in [-0.3, -0.25) is 9.36 Å². The molecule has 1 aliphatic heterocycles. The van der Waals surface area contributed by atoms with E-state index in [9.17, 15) is 15.0 Å². The molecule has 2 aromatic heterocycles. The fraction of sp³-hybridized carbons (Fsp3) is 0.600. The summed E-state index contributed by atoms with van der Waals surface area (Å²) >= 11 is 5.28. The van der Waals surface area contributed by atoms with E-state index >= 15 is 0 Å². The van der Waals surface area contributed by atoms with Gasteiger partial charge in [0.25, 0.3) is 5.56 Å². The van der Waals surface area contributed by atoms with Crippen LogP contribution in [0, 0.1) is 11.7 Å². The molecule has 0 aromatic carbocycles. The van der Waals surface area contributed by atoms with Crippen molar-refractivity contribution in [2.24, 2.45) is 0 Å². The Labute approximate surface area is 149 Å². The Balaban J connectivity index is 1.98. The summed E-state index contributed by atoms with van der Waals surface area (Å²) in [5.41, 5.74) is 0.169. The third-order valence-corrected chi connectivity index (χ3v) is 6.08. The number of aromatic amines is 2. The van der Waals surface area contributed by atoms with Gasteiger partial charge in [-0.15, -0.1) is 13.2 Å². The second-order valence-electron chi connectivity index (χ2n) is 7.14. The summed E-state index contributed by atoms with van der Waals surface area (Å²) in [6, 6.07) is 0. The van der Waals surface area contributed by atoms with Gasteiger partial charge >= 0.3 is 0 Å². The van der Waals surface area contributed by atoms with Crippen LogP contribution in [-0.2, 0) is 4.74 Å². The lowest BCUT2D eigenvalue weighted by molar-refractivity contribution is -0.0360. The summed E-state index contributed by atoms with van der Waals surface area (Å²) in [5, 5.41) is 20.8. The molecular weight excluding hydrogens is 363 g/mol. The number of aromatic nitrogens is 4. The fourth-order valence-electron chi connectivity index (χ4n) is 3.02. The van der Waals surface area contributed by atoms with Crippen molar-refractivity contribution in [3.63, 3.8) is 0 Å². The van der Waals surface area contributed by atoms with Crippen LogP contribution in [0.4, 0.5) is 0 Å². The zero-order valence-electron chi connectivity index (χ0n) is 14.4. The number of imidazole rings is 1. The minimum atomic E-state index is -1.27. The van der Waals surface area contributed by atoms with E-state index in [-0.39, 0.29) is 15.8 Å². The van der Waals surface area contributed by atoms with Crippen LogP contribution < -0.4 is 5.56 Å². The minimum absolute atomic E-state index is 0.209. The number of hydrogen-bond acceptors (Lipinski definition) is 6. The summed E-state index contributed by atoms with van der Waals surface area (Å²) in [5.74, 6) is 0.424. The van der Waals surface area contributed by atoms with Crippen LogP contribution in [0.15, 0.2) is 4.79 Å². The molecule has 0 radical (unpaired) electrons. The molecule has 0 amide bonds. The Morgan fingerprint density at radius 3 is 2.68 bits per heavy atom. The van der Waals surface area contributed by atoms with Gasteiger partial charge in [0.05, 0.1) is 6.10 Å². The van der Waals surface area contributed by atoms with Crippen LogP contribution >= 0.6 is 19.1 Å². The number of H-pyrrole nitrogens is 2. The lowest BCUT2D eigenvalue weighted by Crippen LogP contribution is -2.32. The van der Waals surface area contributed by atoms with E-state index < -0.39 is 31.4 Å². The van der Waals surface area contributed by atoms with Crippen molar-refractivity contribution in [3.8, 4) is 0 Å². The Morgan fingerprint density at radius 1 is 1.36 bits per heavy atom. The summed E-state index contributed by atoms with van der Waals surface area (Å²) < 4.78 is 7.58. The van der Waals surface area contributed by atoms with E-state index in [1.165, 1.54) is 4.57 Å². The number of aliphatic hydroxyl groups is 2. The van der Waals surface area contributed by atoms with Crippen molar-refractivity contribution in [1.29, 1.82) is 0 Å². The second kappa shape index (κ2) is 6.48. The van der Waals surface area contributed by atoms with Crippen LogP contribution in [0.25, 0.3) is 11.2 Å². The van der Waals surface area contributed by atoms with Gasteiger partial charge in [-0.1, -0.05) is 0 Å². The highest BCUT2D eigenvalue weighted by atomic mass is 32.1. The smallest absolute Gasteiger partial charge is 0.276 e. The third-order valence-electron chi connectivity index (χ3n) is 4.31. The molecular formula is C15H23N4O4PS. The van der Waals surface area contributed by atoms with E-state index in [1.807, 2.05) is 0 Å². The Bertz CT molecular complexity index is 959. The first-order valence-electron chi connectivity index (χ1n) is 7.98. The number of ether oxygens (including phenoxy) is 1. The van der Waals surface area contributed by atoms with E-state index in [0.29, 0.717) is 17.9 Å². The average molecular weight is 386 g/mol. The minimum Gasteiger partial charge on any atom is -0.388 e. The van der Waals surface area contributed by atoms with Gasteiger partial charge in [0.1, 0.15) is 18.0 Å². The zero-order valence-corrected chi connectivity index (χ0v) is 16.1. The number of aliphatic hydroxyl groups excluding tert-OH is 2. The molecule has 0 saturated carbocycles. The summed E-state index contributed by atoms with van der Waals surface area (Å²) in [4.78, 5) is 21.8. The Hall–Kier alpha value is -1.25. The fourth-order valence-corrected chi connectivity index (χ4v) is 4.26. The van der Waals surface area contributed by atoms with Crippen molar-refractivity contribution in [1.82, 2.24) is 19.5 Å². The summed E-state index contributed by atoms with van der Waals surface area (Å²) in [7, 11) is 0. The van der Waals surface area contributed by atoms with Gasteiger partial charge < -0.3 is 24.9 Å². The lowest BCUT2D eigenvalue weighted by Gasteiger charge is -2.18. The molecule has 2 aromatic rings.